The lowest BCUT2D eigenvalue weighted by molar-refractivity contribution is 1.13. The predicted octanol–water partition coefficient (Wildman–Crippen LogP) is 6.01. The molecule has 0 saturated heterocycles. The maximum Gasteiger partial charge on any atom is 0.0700 e. The summed E-state index contributed by atoms with van der Waals surface area (Å²) in [6, 6.07) is 15.3. The molecule has 0 aliphatic heterocycles. The van der Waals surface area contributed by atoms with Crippen molar-refractivity contribution in [3.05, 3.63) is 69.7 Å². The molecule has 0 aliphatic rings. The topological polar surface area (TPSA) is 24.7 Å². The first kappa shape index (κ1) is 16.7. The third-order valence-electron chi connectivity index (χ3n) is 3.32. The van der Waals surface area contributed by atoms with Gasteiger partial charge in [0.2, 0.25) is 0 Å². The molecule has 0 aliphatic carbocycles. The van der Waals surface area contributed by atoms with Crippen LogP contribution >= 0.6 is 23.2 Å². The van der Waals surface area contributed by atoms with Crippen molar-refractivity contribution in [2.75, 3.05) is 0 Å². The Morgan fingerprint density at radius 2 is 1.00 bits per heavy atom. The summed E-state index contributed by atoms with van der Waals surface area (Å²) in [6.45, 7) is 4.13. The third kappa shape index (κ3) is 4.43. The predicted molar refractivity (Wildman–Crippen MR) is 96.6 cm³/mol. The van der Waals surface area contributed by atoms with E-state index in [9.17, 15) is 0 Å². The van der Waals surface area contributed by atoms with Crippen LogP contribution in [0.5, 0.6) is 0 Å². The lowest BCUT2D eigenvalue weighted by Crippen LogP contribution is -2.01. The fraction of sp³-hybridized carbons (Fsp3) is 0.222. The molecule has 2 aromatic carbocycles. The highest BCUT2D eigenvalue weighted by molar-refractivity contribution is 6.31. The van der Waals surface area contributed by atoms with Gasteiger partial charge in [0.1, 0.15) is 0 Å². The largest absolute Gasteiger partial charge is 0.155 e. The first-order chi connectivity index (χ1) is 10.6. The molecule has 0 aromatic heterocycles. The van der Waals surface area contributed by atoms with Gasteiger partial charge in [0.05, 0.1) is 11.4 Å². The van der Waals surface area contributed by atoms with Gasteiger partial charge in [-0.15, -0.1) is 0 Å². The zero-order valence-electron chi connectivity index (χ0n) is 12.7. The minimum atomic E-state index is 0.720. The minimum absolute atomic E-state index is 0.720. The van der Waals surface area contributed by atoms with Gasteiger partial charge in [0.25, 0.3) is 0 Å². The summed E-state index contributed by atoms with van der Waals surface area (Å²) in [5.74, 6) is 0. The van der Waals surface area contributed by atoms with Crippen molar-refractivity contribution in [1.29, 1.82) is 0 Å². The second-order valence-corrected chi connectivity index (χ2v) is 5.69. The Labute approximate surface area is 141 Å². The normalized spacial score (nSPS) is 12.5. The molecule has 0 bridgehead atoms. The second kappa shape index (κ2) is 8.11. The van der Waals surface area contributed by atoms with Crippen LogP contribution in [0.3, 0.4) is 0 Å². The number of nitrogens with zero attached hydrogens (tertiary/aromatic N) is 2. The molecule has 0 heterocycles. The quantitative estimate of drug-likeness (QED) is 0.473. The van der Waals surface area contributed by atoms with E-state index in [-0.39, 0.29) is 0 Å². The molecular weight excluding hydrogens is 315 g/mol. The van der Waals surface area contributed by atoms with Crippen molar-refractivity contribution in [1.82, 2.24) is 0 Å². The van der Waals surface area contributed by atoms with Gasteiger partial charge in [-0.05, 0) is 48.2 Å². The van der Waals surface area contributed by atoms with Crippen LogP contribution < -0.4 is 0 Å². The second-order valence-electron chi connectivity index (χ2n) is 4.81. The fourth-order valence-corrected chi connectivity index (χ4v) is 2.32. The monoisotopic (exact) mass is 332 g/mol. The van der Waals surface area contributed by atoms with E-state index in [1.54, 1.807) is 0 Å². The molecule has 0 spiro atoms. The van der Waals surface area contributed by atoms with Crippen LogP contribution in [0, 0.1) is 0 Å². The number of rotatable bonds is 5. The molecule has 22 heavy (non-hydrogen) atoms. The summed E-state index contributed by atoms with van der Waals surface area (Å²) in [7, 11) is 0. The standard InChI is InChI=1S/C18H18Cl2N2/c1-3-17(13-5-9-15(19)10-6-13)21-22-18(4-2)14-7-11-16(20)12-8-14/h5-12H,3-4H2,1-2H3/b21-17-,22-18+. The molecule has 114 valence electrons. The molecule has 0 unspecified atom stereocenters. The minimum Gasteiger partial charge on any atom is -0.155 e. The average molecular weight is 333 g/mol. The van der Waals surface area contributed by atoms with E-state index in [0.29, 0.717) is 0 Å². The van der Waals surface area contributed by atoms with E-state index < -0.39 is 0 Å². The molecule has 2 rings (SSSR count). The Kier molecular flexibility index (Phi) is 6.17. The Morgan fingerprint density at radius 1 is 0.682 bits per heavy atom. The van der Waals surface area contributed by atoms with Crippen LogP contribution in [0.1, 0.15) is 37.8 Å². The van der Waals surface area contributed by atoms with E-state index in [1.165, 1.54) is 0 Å². The van der Waals surface area contributed by atoms with E-state index in [2.05, 4.69) is 24.1 Å². The van der Waals surface area contributed by atoms with Crippen molar-refractivity contribution in [3.63, 3.8) is 0 Å². The number of hydrogen-bond donors (Lipinski definition) is 0. The van der Waals surface area contributed by atoms with Crippen LogP contribution in [-0.4, -0.2) is 11.4 Å². The third-order valence-corrected chi connectivity index (χ3v) is 3.82. The smallest absolute Gasteiger partial charge is 0.0700 e. The highest BCUT2D eigenvalue weighted by Crippen LogP contribution is 2.14. The molecule has 0 fully saturated rings. The summed E-state index contributed by atoms with van der Waals surface area (Å²) in [6.07, 6.45) is 1.62. The first-order valence-corrected chi connectivity index (χ1v) is 8.05. The molecule has 0 atom stereocenters. The SMILES string of the molecule is CC/C(=N/N=C(\CC)c1ccc(Cl)cc1)c1ccc(Cl)cc1. The van der Waals surface area contributed by atoms with Gasteiger partial charge in [-0.2, -0.15) is 10.2 Å². The van der Waals surface area contributed by atoms with Crippen molar-refractivity contribution in [2.45, 2.75) is 26.7 Å². The van der Waals surface area contributed by atoms with Gasteiger partial charge in [0.15, 0.2) is 0 Å². The van der Waals surface area contributed by atoms with Gasteiger partial charge in [-0.3, -0.25) is 0 Å². The van der Waals surface area contributed by atoms with Crippen LogP contribution in [0.25, 0.3) is 0 Å². The van der Waals surface area contributed by atoms with Crippen molar-refractivity contribution in [3.8, 4) is 0 Å². The van der Waals surface area contributed by atoms with E-state index in [4.69, 9.17) is 23.2 Å². The van der Waals surface area contributed by atoms with Crippen LogP contribution in [0.15, 0.2) is 58.7 Å². The Balaban J connectivity index is 2.31. The van der Waals surface area contributed by atoms with Gasteiger partial charge in [0, 0.05) is 10.0 Å². The highest BCUT2D eigenvalue weighted by Gasteiger charge is 2.04. The van der Waals surface area contributed by atoms with E-state index >= 15 is 0 Å². The fourth-order valence-electron chi connectivity index (χ4n) is 2.07. The number of hydrogen-bond acceptors (Lipinski definition) is 2. The molecular formula is C18H18Cl2N2. The maximum absolute atomic E-state index is 5.92. The lowest BCUT2D eigenvalue weighted by atomic mass is 10.1. The molecule has 0 radical (unpaired) electrons. The zero-order chi connectivity index (χ0) is 15.9. The maximum atomic E-state index is 5.92. The number of halogens is 2. The first-order valence-electron chi connectivity index (χ1n) is 7.29. The summed E-state index contributed by atoms with van der Waals surface area (Å²) in [5.41, 5.74) is 3.97. The Bertz CT molecular complexity index is 610. The lowest BCUT2D eigenvalue weighted by Gasteiger charge is -2.05. The molecule has 4 heteroatoms. The summed E-state index contributed by atoms with van der Waals surface area (Å²) in [5, 5.41) is 10.3. The summed E-state index contributed by atoms with van der Waals surface area (Å²) >= 11 is 11.8. The van der Waals surface area contributed by atoms with Crippen LogP contribution in [-0.2, 0) is 0 Å². The summed E-state index contributed by atoms with van der Waals surface area (Å²) < 4.78 is 0. The van der Waals surface area contributed by atoms with E-state index in [0.717, 1.165) is 45.4 Å². The Hall–Kier alpha value is -1.64. The van der Waals surface area contributed by atoms with Crippen molar-refractivity contribution < 1.29 is 0 Å². The molecule has 2 aromatic rings. The number of benzene rings is 2. The van der Waals surface area contributed by atoms with Crippen molar-refractivity contribution >= 4 is 34.6 Å². The molecule has 0 N–H and O–H groups in total. The van der Waals surface area contributed by atoms with Crippen LogP contribution in [0.2, 0.25) is 10.0 Å². The molecule has 0 saturated carbocycles. The highest BCUT2D eigenvalue weighted by atomic mass is 35.5. The van der Waals surface area contributed by atoms with Crippen LogP contribution in [0.4, 0.5) is 0 Å². The van der Waals surface area contributed by atoms with Gasteiger partial charge >= 0.3 is 0 Å². The Morgan fingerprint density at radius 3 is 1.27 bits per heavy atom. The average Bonchev–Trinajstić information content (AvgIpc) is 2.54. The summed E-state index contributed by atoms with van der Waals surface area (Å²) in [4.78, 5) is 0. The van der Waals surface area contributed by atoms with Gasteiger partial charge in [-0.1, -0.05) is 61.3 Å². The molecule has 2 nitrogen and oxygen atoms in total. The van der Waals surface area contributed by atoms with Crippen molar-refractivity contribution in [2.24, 2.45) is 10.2 Å². The van der Waals surface area contributed by atoms with E-state index in [1.807, 2.05) is 48.5 Å². The van der Waals surface area contributed by atoms with Gasteiger partial charge in [-0.25, -0.2) is 0 Å². The van der Waals surface area contributed by atoms with Gasteiger partial charge < -0.3 is 0 Å². The molecule has 0 amide bonds. The zero-order valence-corrected chi connectivity index (χ0v) is 14.2.